The van der Waals surface area contributed by atoms with Crippen LogP contribution in [0.3, 0.4) is 0 Å². The summed E-state index contributed by atoms with van der Waals surface area (Å²) in [6.07, 6.45) is 3.41. The predicted molar refractivity (Wildman–Crippen MR) is 124 cm³/mol. The smallest absolute Gasteiger partial charge is 0.257 e. The van der Waals surface area contributed by atoms with Gasteiger partial charge in [0, 0.05) is 35.4 Å². The van der Waals surface area contributed by atoms with Crippen LogP contribution in [0.4, 0.5) is 11.6 Å². The Morgan fingerprint density at radius 3 is 2.45 bits per heavy atom. The minimum absolute atomic E-state index is 0.165. The molecule has 0 aliphatic rings. The number of benzene rings is 2. The molecule has 0 radical (unpaired) electrons. The zero-order chi connectivity index (χ0) is 21.6. The summed E-state index contributed by atoms with van der Waals surface area (Å²) in [7, 11) is 0. The Balaban J connectivity index is 1.48. The third-order valence-corrected chi connectivity index (χ3v) is 5.67. The molecule has 0 bridgehead atoms. The highest BCUT2D eigenvalue weighted by Crippen LogP contribution is 2.27. The number of carbonyl (C=O) groups excluding carboxylic acids is 2. The van der Waals surface area contributed by atoms with E-state index in [1.807, 2.05) is 60.7 Å². The quantitative estimate of drug-likeness (QED) is 0.416. The van der Waals surface area contributed by atoms with Crippen LogP contribution in [-0.2, 0) is 10.5 Å². The number of hydrogen-bond donors (Lipinski definition) is 2. The van der Waals surface area contributed by atoms with Crippen molar-refractivity contribution < 1.29 is 9.59 Å². The lowest BCUT2D eigenvalue weighted by Gasteiger charge is -2.10. The number of rotatable bonds is 6. The first kappa shape index (κ1) is 20.6. The van der Waals surface area contributed by atoms with E-state index in [1.165, 1.54) is 6.92 Å². The highest BCUT2D eigenvalue weighted by atomic mass is 32.2. The zero-order valence-electron chi connectivity index (χ0n) is 16.8. The van der Waals surface area contributed by atoms with Crippen molar-refractivity contribution in [2.45, 2.75) is 17.6 Å². The maximum Gasteiger partial charge on any atom is 0.257 e. The van der Waals surface area contributed by atoms with E-state index >= 15 is 0 Å². The Morgan fingerprint density at radius 1 is 0.871 bits per heavy atom. The van der Waals surface area contributed by atoms with Gasteiger partial charge in [-0.3, -0.25) is 9.59 Å². The maximum absolute atomic E-state index is 12.9. The van der Waals surface area contributed by atoms with Crippen LogP contribution in [-0.4, -0.2) is 21.8 Å². The van der Waals surface area contributed by atoms with Crippen LogP contribution in [0.1, 0.15) is 22.8 Å². The lowest BCUT2D eigenvalue weighted by atomic mass is 10.2. The maximum atomic E-state index is 12.9. The number of nitrogens with one attached hydrogen (secondary N) is 2. The van der Waals surface area contributed by atoms with E-state index in [9.17, 15) is 9.59 Å². The first-order chi connectivity index (χ1) is 15.1. The SMILES string of the molecule is CC(=O)Nc1cc(CSc2ccccc2C(=O)Nc2cc3ccccc3cn2)ccn1. The molecule has 0 spiro atoms. The summed E-state index contributed by atoms with van der Waals surface area (Å²) < 4.78 is 0. The fourth-order valence-corrected chi connectivity index (χ4v) is 4.08. The zero-order valence-corrected chi connectivity index (χ0v) is 17.6. The number of carbonyl (C=O) groups is 2. The fourth-order valence-electron chi connectivity index (χ4n) is 3.09. The van der Waals surface area contributed by atoms with E-state index in [0.717, 1.165) is 21.2 Å². The molecule has 2 amide bonds. The highest BCUT2D eigenvalue weighted by Gasteiger charge is 2.13. The molecule has 0 aliphatic carbocycles. The summed E-state index contributed by atoms with van der Waals surface area (Å²) in [5.74, 6) is 1.28. The summed E-state index contributed by atoms with van der Waals surface area (Å²) in [4.78, 5) is 33.5. The van der Waals surface area contributed by atoms with Crippen molar-refractivity contribution in [2.24, 2.45) is 0 Å². The number of aromatic nitrogens is 2. The van der Waals surface area contributed by atoms with Gasteiger partial charge in [0.2, 0.25) is 5.91 Å². The number of hydrogen-bond acceptors (Lipinski definition) is 5. The second-order valence-corrected chi connectivity index (χ2v) is 7.90. The van der Waals surface area contributed by atoms with Gasteiger partial charge < -0.3 is 10.6 Å². The molecule has 2 heterocycles. The molecule has 0 fully saturated rings. The molecule has 4 aromatic rings. The molecular weight excluding hydrogens is 408 g/mol. The van der Waals surface area contributed by atoms with Crippen LogP contribution in [0, 0.1) is 0 Å². The lowest BCUT2D eigenvalue weighted by Crippen LogP contribution is -2.14. The summed E-state index contributed by atoms with van der Waals surface area (Å²) in [6.45, 7) is 1.45. The molecule has 0 saturated heterocycles. The van der Waals surface area contributed by atoms with E-state index in [4.69, 9.17) is 0 Å². The summed E-state index contributed by atoms with van der Waals surface area (Å²) in [6, 6.07) is 20.9. The van der Waals surface area contributed by atoms with Crippen LogP contribution < -0.4 is 10.6 Å². The monoisotopic (exact) mass is 428 g/mol. The Hall–Kier alpha value is -3.71. The highest BCUT2D eigenvalue weighted by molar-refractivity contribution is 7.98. The Bertz CT molecular complexity index is 1260. The van der Waals surface area contributed by atoms with E-state index in [-0.39, 0.29) is 11.8 Å². The number of amides is 2. The normalized spacial score (nSPS) is 10.6. The van der Waals surface area contributed by atoms with Crippen molar-refractivity contribution in [1.29, 1.82) is 0 Å². The van der Waals surface area contributed by atoms with Crippen LogP contribution in [0.25, 0.3) is 10.8 Å². The van der Waals surface area contributed by atoms with Crippen molar-refractivity contribution in [3.63, 3.8) is 0 Å². The van der Waals surface area contributed by atoms with E-state index in [1.54, 1.807) is 30.2 Å². The average molecular weight is 429 g/mol. The van der Waals surface area contributed by atoms with Crippen molar-refractivity contribution in [3.05, 3.63) is 90.3 Å². The molecular formula is C24H20N4O2S. The van der Waals surface area contributed by atoms with Gasteiger partial charge in [-0.2, -0.15) is 0 Å². The predicted octanol–water partition coefficient (Wildman–Crippen LogP) is 5.13. The standard InChI is InChI=1S/C24H20N4O2S/c1-16(29)27-22-12-17(10-11-25-22)15-31-21-9-5-4-8-20(21)24(30)28-23-13-18-6-2-3-7-19(18)14-26-23/h2-14H,15H2,1H3,(H,25,27,29)(H,26,28,30). The van der Waals surface area contributed by atoms with Crippen molar-refractivity contribution in [3.8, 4) is 0 Å². The lowest BCUT2D eigenvalue weighted by molar-refractivity contribution is -0.114. The molecule has 2 aromatic heterocycles. The third-order valence-electron chi connectivity index (χ3n) is 4.53. The molecule has 6 nitrogen and oxygen atoms in total. The topological polar surface area (TPSA) is 84.0 Å². The van der Waals surface area contributed by atoms with Gasteiger partial charge in [0.1, 0.15) is 11.6 Å². The van der Waals surface area contributed by atoms with Gasteiger partial charge in [0.15, 0.2) is 0 Å². The second kappa shape index (κ2) is 9.40. The fraction of sp³-hybridized carbons (Fsp3) is 0.0833. The Kier molecular flexibility index (Phi) is 6.24. The van der Waals surface area contributed by atoms with Crippen molar-refractivity contribution in [1.82, 2.24) is 9.97 Å². The molecule has 0 saturated carbocycles. The van der Waals surface area contributed by atoms with Crippen molar-refractivity contribution >= 4 is 46.0 Å². The van der Waals surface area contributed by atoms with E-state index in [0.29, 0.717) is 23.0 Å². The second-order valence-electron chi connectivity index (χ2n) is 6.89. The molecule has 2 aromatic carbocycles. The van der Waals surface area contributed by atoms with Gasteiger partial charge in [-0.05, 0) is 41.3 Å². The van der Waals surface area contributed by atoms with Crippen LogP contribution in [0.5, 0.6) is 0 Å². The van der Waals surface area contributed by atoms with Crippen LogP contribution in [0.2, 0.25) is 0 Å². The van der Waals surface area contributed by atoms with E-state index < -0.39 is 0 Å². The number of fused-ring (bicyclic) bond motifs is 1. The molecule has 0 unspecified atom stereocenters. The summed E-state index contributed by atoms with van der Waals surface area (Å²) >= 11 is 1.55. The molecule has 0 aliphatic heterocycles. The van der Waals surface area contributed by atoms with Crippen LogP contribution >= 0.6 is 11.8 Å². The third kappa shape index (κ3) is 5.26. The number of nitrogens with zero attached hydrogens (tertiary/aromatic N) is 2. The minimum Gasteiger partial charge on any atom is -0.311 e. The summed E-state index contributed by atoms with van der Waals surface area (Å²) in [5.41, 5.74) is 1.58. The number of pyridine rings is 2. The van der Waals surface area contributed by atoms with Crippen molar-refractivity contribution in [2.75, 3.05) is 10.6 Å². The largest absolute Gasteiger partial charge is 0.311 e. The van der Waals surface area contributed by atoms with E-state index in [2.05, 4.69) is 20.6 Å². The molecule has 31 heavy (non-hydrogen) atoms. The van der Waals surface area contributed by atoms with Gasteiger partial charge in [0.05, 0.1) is 5.56 Å². The number of thioether (sulfide) groups is 1. The Labute approximate surface area is 184 Å². The average Bonchev–Trinajstić information content (AvgIpc) is 2.77. The van der Waals surface area contributed by atoms with Gasteiger partial charge in [-0.1, -0.05) is 36.4 Å². The molecule has 4 rings (SSSR count). The molecule has 154 valence electrons. The van der Waals surface area contributed by atoms with Gasteiger partial charge >= 0.3 is 0 Å². The van der Waals surface area contributed by atoms with Gasteiger partial charge in [-0.15, -0.1) is 11.8 Å². The first-order valence-electron chi connectivity index (χ1n) is 9.69. The van der Waals surface area contributed by atoms with Crippen LogP contribution in [0.15, 0.2) is 84.0 Å². The molecule has 0 atom stereocenters. The van der Waals surface area contributed by atoms with Gasteiger partial charge in [-0.25, -0.2) is 9.97 Å². The first-order valence-corrected chi connectivity index (χ1v) is 10.7. The number of anilines is 2. The Morgan fingerprint density at radius 2 is 1.61 bits per heavy atom. The minimum atomic E-state index is -0.209. The summed E-state index contributed by atoms with van der Waals surface area (Å²) in [5, 5.41) is 7.62. The molecule has 7 heteroatoms. The molecule has 2 N–H and O–H groups in total. The van der Waals surface area contributed by atoms with Gasteiger partial charge in [0.25, 0.3) is 5.91 Å².